The number of carbonyl (C=O) groups is 1. The van der Waals surface area contributed by atoms with Gasteiger partial charge in [0.1, 0.15) is 0 Å². The summed E-state index contributed by atoms with van der Waals surface area (Å²) in [6.07, 6.45) is 8.08. The summed E-state index contributed by atoms with van der Waals surface area (Å²) >= 11 is 0. The second-order valence-corrected chi connectivity index (χ2v) is 9.66. The van der Waals surface area contributed by atoms with E-state index in [1.165, 1.54) is 42.1 Å². The molecule has 1 aliphatic heterocycles. The van der Waals surface area contributed by atoms with Crippen LogP contribution in [0.25, 0.3) is 10.9 Å². The Morgan fingerprint density at radius 1 is 1.22 bits per heavy atom. The van der Waals surface area contributed by atoms with Gasteiger partial charge >= 0.3 is 0 Å². The first-order valence-corrected chi connectivity index (χ1v) is 10.3. The maximum absolute atomic E-state index is 12.5. The second kappa shape index (κ2) is 5.81. The quantitative estimate of drug-likeness (QED) is 0.887. The van der Waals surface area contributed by atoms with E-state index in [-0.39, 0.29) is 11.8 Å². The number of fused-ring (bicyclic) bond motifs is 1. The minimum Gasteiger partial charge on any atom is -0.390 e. The zero-order valence-corrected chi connectivity index (χ0v) is 16.3. The predicted octanol–water partition coefficient (Wildman–Crippen LogP) is 3.22. The summed E-state index contributed by atoms with van der Waals surface area (Å²) in [4.78, 5) is 14.6. The van der Waals surface area contributed by atoms with Gasteiger partial charge in [-0.25, -0.2) is 0 Å². The number of amides is 1. The van der Waals surface area contributed by atoms with Gasteiger partial charge in [-0.15, -0.1) is 0 Å². The molecule has 1 spiro atoms. The van der Waals surface area contributed by atoms with Crippen LogP contribution in [0, 0.1) is 11.3 Å². The molecule has 0 unspecified atom stereocenters. The van der Waals surface area contributed by atoms with E-state index < -0.39 is 5.60 Å². The highest BCUT2D eigenvalue weighted by atomic mass is 16.3. The van der Waals surface area contributed by atoms with Gasteiger partial charge in [0.25, 0.3) is 0 Å². The van der Waals surface area contributed by atoms with Crippen molar-refractivity contribution in [1.82, 2.24) is 14.7 Å². The summed E-state index contributed by atoms with van der Waals surface area (Å²) in [5.74, 6) is 0.961. The normalized spacial score (nSPS) is 30.3. The van der Waals surface area contributed by atoms with Crippen molar-refractivity contribution < 1.29 is 9.90 Å². The predicted molar refractivity (Wildman–Crippen MR) is 104 cm³/mol. The summed E-state index contributed by atoms with van der Waals surface area (Å²) in [5, 5.41) is 15.5. The highest BCUT2D eigenvalue weighted by Crippen LogP contribution is 2.50. The first-order valence-electron chi connectivity index (χ1n) is 10.3. The van der Waals surface area contributed by atoms with Crippen LogP contribution in [-0.4, -0.2) is 44.4 Å². The van der Waals surface area contributed by atoms with Crippen molar-refractivity contribution in [1.29, 1.82) is 0 Å². The Bertz CT molecular complexity index is 876. The molecule has 1 N–H and O–H groups in total. The molecule has 3 aliphatic rings. The molecule has 1 aromatic carbocycles. The molecular formula is C22H29N3O2. The number of carbonyl (C=O) groups excluding carboxylic acids is 1. The first kappa shape index (κ1) is 17.2. The lowest BCUT2D eigenvalue weighted by atomic mass is 9.63. The van der Waals surface area contributed by atoms with Gasteiger partial charge in [-0.05, 0) is 69.1 Å². The van der Waals surface area contributed by atoms with Gasteiger partial charge < -0.3 is 10.0 Å². The molecule has 5 nitrogen and oxygen atoms in total. The molecule has 5 rings (SSSR count). The van der Waals surface area contributed by atoms with Crippen molar-refractivity contribution in [3.63, 3.8) is 0 Å². The minimum atomic E-state index is -0.615. The van der Waals surface area contributed by atoms with Crippen molar-refractivity contribution in [3.8, 4) is 0 Å². The van der Waals surface area contributed by atoms with Crippen molar-refractivity contribution in [3.05, 3.63) is 30.0 Å². The SMILES string of the molecule is Cn1ncc2cc(C3CCC4(CC3)CN(C(=O)[C@H]3C[C@@](C)(O)C3)C4)ccc21. The van der Waals surface area contributed by atoms with E-state index in [9.17, 15) is 9.90 Å². The number of aliphatic hydroxyl groups is 1. The van der Waals surface area contributed by atoms with Crippen LogP contribution in [-0.2, 0) is 11.8 Å². The maximum Gasteiger partial charge on any atom is 0.225 e. The van der Waals surface area contributed by atoms with Crippen molar-refractivity contribution in [2.45, 2.75) is 57.0 Å². The molecule has 2 aliphatic carbocycles. The van der Waals surface area contributed by atoms with Crippen LogP contribution in [0.1, 0.15) is 56.9 Å². The van der Waals surface area contributed by atoms with Gasteiger partial charge in [0.15, 0.2) is 0 Å². The highest BCUT2D eigenvalue weighted by Gasteiger charge is 2.51. The van der Waals surface area contributed by atoms with Crippen molar-refractivity contribution >= 4 is 16.8 Å². The molecule has 2 heterocycles. The Labute approximate surface area is 160 Å². The smallest absolute Gasteiger partial charge is 0.225 e. The molecule has 3 fully saturated rings. The Kier molecular flexibility index (Phi) is 3.71. The van der Waals surface area contributed by atoms with Gasteiger partial charge in [0.2, 0.25) is 5.91 Å². The third-order valence-electron chi connectivity index (χ3n) is 7.37. The molecule has 2 aromatic rings. The van der Waals surface area contributed by atoms with Gasteiger partial charge in [-0.1, -0.05) is 6.07 Å². The summed E-state index contributed by atoms with van der Waals surface area (Å²) in [7, 11) is 1.99. The van der Waals surface area contributed by atoms with Crippen LogP contribution in [0.3, 0.4) is 0 Å². The maximum atomic E-state index is 12.5. The van der Waals surface area contributed by atoms with Crippen LogP contribution in [0.15, 0.2) is 24.4 Å². The van der Waals surface area contributed by atoms with E-state index in [4.69, 9.17) is 0 Å². The van der Waals surface area contributed by atoms with E-state index in [0.29, 0.717) is 24.2 Å². The first-order chi connectivity index (χ1) is 12.8. The summed E-state index contributed by atoms with van der Waals surface area (Å²) < 4.78 is 1.93. The molecule has 2 saturated carbocycles. The third-order valence-corrected chi connectivity index (χ3v) is 7.37. The lowest BCUT2D eigenvalue weighted by molar-refractivity contribution is -0.163. The van der Waals surface area contributed by atoms with E-state index in [2.05, 4.69) is 23.3 Å². The number of nitrogens with zero attached hydrogens (tertiary/aromatic N) is 3. The van der Waals surface area contributed by atoms with Crippen molar-refractivity contribution in [2.75, 3.05) is 13.1 Å². The number of likely N-dealkylation sites (tertiary alicyclic amines) is 1. The topological polar surface area (TPSA) is 58.4 Å². The van der Waals surface area contributed by atoms with Crippen LogP contribution < -0.4 is 0 Å². The Hall–Kier alpha value is -1.88. The number of hydrogen-bond donors (Lipinski definition) is 1. The summed E-state index contributed by atoms with van der Waals surface area (Å²) in [6, 6.07) is 6.77. The Morgan fingerprint density at radius 2 is 1.93 bits per heavy atom. The number of aryl methyl sites for hydroxylation is 1. The summed E-state index contributed by atoms with van der Waals surface area (Å²) in [5.41, 5.74) is 2.37. The molecule has 0 bridgehead atoms. The Balaban J connectivity index is 1.18. The molecule has 1 saturated heterocycles. The molecule has 5 heteroatoms. The van der Waals surface area contributed by atoms with E-state index >= 15 is 0 Å². The Morgan fingerprint density at radius 3 is 2.59 bits per heavy atom. The van der Waals surface area contributed by atoms with Gasteiger partial charge in [0, 0.05) is 36.9 Å². The average molecular weight is 367 g/mol. The fourth-order valence-electron chi connectivity index (χ4n) is 5.67. The van der Waals surface area contributed by atoms with Gasteiger partial charge in [-0.2, -0.15) is 5.10 Å². The molecule has 144 valence electrons. The molecule has 0 radical (unpaired) electrons. The van der Waals surface area contributed by atoms with Crippen molar-refractivity contribution in [2.24, 2.45) is 18.4 Å². The summed E-state index contributed by atoms with van der Waals surface area (Å²) in [6.45, 7) is 3.69. The fourth-order valence-corrected chi connectivity index (χ4v) is 5.67. The van der Waals surface area contributed by atoms with Crippen LogP contribution in [0.2, 0.25) is 0 Å². The molecule has 1 amide bonds. The van der Waals surface area contributed by atoms with Gasteiger partial charge in [0.05, 0.1) is 17.3 Å². The minimum absolute atomic E-state index is 0.0555. The largest absolute Gasteiger partial charge is 0.390 e. The molecule has 1 aromatic heterocycles. The molecule has 27 heavy (non-hydrogen) atoms. The van der Waals surface area contributed by atoms with Crippen LogP contribution in [0.4, 0.5) is 0 Å². The zero-order chi connectivity index (χ0) is 18.8. The average Bonchev–Trinajstić information content (AvgIpc) is 2.97. The number of benzene rings is 1. The number of aromatic nitrogens is 2. The molecule has 0 atom stereocenters. The zero-order valence-electron chi connectivity index (χ0n) is 16.3. The second-order valence-electron chi connectivity index (χ2n) is 9.66. The highest BCUT2D eigenvalue weighted by molar-refractivity contribution is 5.81. The fraction of sp³-hybridized carbons (Fsp3) is 0.636. The van der Waals surface area contributed by atoms with E-state index in [1.54, 1.807) is 0 Å². The van der Waals surface area contributed by atoms with E-state index in [0.717, 1.165) is 13.1 Å². The van der Waals surface area contributed by atoms with Gasteiger partial charge in [-0.3, -0.25) is 9.48 Å². The van der Waals surface area contributed by atoms with Crippen LogP contribution >= 0.6 is 0 Å². The monoisotopic (exact) mass is 367 g/mol. The lowest BCUT2D eigenvalue weighted by Crippen LogP contribution is -2.62. The van der Waals surface area contributed by atoms with E-state index in [1.807, 2.05) is 29.7 Å². The van der Waals surface area contributed by atoms with Crippen LogP contribution in [0.5, 0.6) is 0 Å². The number of hydrogen-bond acceptors (Lipinski definition) is 3. The third kappa shape index (κ3) is 2.87. The molecular weight excluding hydrogens is 338 g/mol. The lowest BCUT2D eigenvalue weighted by Gasteiger charge is -2.55. The number of rotatable bonds is 2. The standard InChI is InChI=1S/C22H29N3O2/c1-21(27)10-18(11-21)20(26)25-13-22(14-25)7-5-15(6-8-22)16-3-4-19-17(9-16)12-23-24(19)2/h3-4,9,12,15,18,27H,5-8,10-11,13-14H2,1-2H3/t18-,21+.